The lowest BCUT2D eigenvalue weighted by atomic mass is 10.2. The first-order valence-electron chi connectivity index (χ1n) is 9.02. The van der Waals surface area contributed by atoms with Crippen LogP contribution in [-0.2, 0) is 14.3 Å². The molecule has 2 amide bonds. The molecule has 142 valence electrons. The molecule has 2 heterocycles. The Morgan fingerprint density at radius 2 is 2.19 bits per heavy atom. The van der Waals surface area contributed by atoms with Gasteiger partial charge in [-0.05, 0) is 37.5 Å². The number of carbonyl (C=O) groups excluding carboxylic acids is 2. The Hall–Kier alpha value is -2.51. The number of amides is 2. The van der Waals surface area contributed by atoms with Crippen LogP contribution in [0.15, 0.2) is 41.8 Å². The molecule has 0 spiro atoms. The van der Waals surface area contributed by atoms with Crippen molar-refractivity contribution in [3.8, 4) is 0 Å². The van der Waals surface area contributed by atoms with Crippen LogP contribution in [0.2, 0.25) is 0 Å². The van der Waals surface area contributed by atoms with Crippen molar-refractivity contribution in [2.24, 2.45) is 0 Å². The zero-order valence-electron chi connectivity index (χ0n) is 15.3. The number of nitrogens with one attached hydrogen (secondary N) is 1. The van der Waals surface area contributed by atoms with E-state index in [9.17, 15) is 9.59 Å². The van der Waals surface area contributed by atoms with Crippen LogP contribution in [0.5, 0.6) is 0 Å². The molecule has 1 unspecified atom stereocenters. The Kier molecular flexibility index (Phi) is 6.73. The predicted molar refractivity (Wildman–Crippen MR) is 107 cm³/mol. The number of rotatable bonds is 7. The lowest BCUT2D eigenvalue weighted by Crippen LogP contribution is -2.25. The Morgan fingerprint density at radius 3 is 2.89 bits per heavy atom. The monoisotopic (exact) mass is 385 g/mol. The molecule has 1 fully saturated rings. The highest BCUT2D eigenvalue weighted by Crippen LogP contribution is 2.28. The molecular weight excluding hydrogens is 362 g/mol. The molecule has 3 rings (SSSR count). The number of nitrogens with zero attached hydrogens (tertiary/aromatic N) is 2. The number of thiazole rings is 1. The summed E-state index contributed by atoms with van der Waals surface area (Å²) in [6.07, 6.45) is 6.41. The zero-order valence-corrected chi connectivity index (χ0v) is 16.1. The van der Waals surface area contributed by atoms with Gasteiger partial charge in [0, 0.05) is 31.5 Å². The first-order valence-corrected chi connectivity index (χ1v) is 9.90. The number of benzene rings is 1. The molecule has 2 aromatic rings. The van der Waals surface area contributed by atoms with Crippen LogP contribution in [0, 0.1) is 0 Å². The van der Waals surface area contributed by atoms with Gasteiger partial charge in [-0.25, -0.2) is 4.98 Å². The van der Waals surface area contributed by atoms with Gasteiger partial charge in [0.1, 0.15) is 0 Å². The highest BCUT2D eigenvalue weighted by Gasteiger charge is 2.17. The van der Waals surface area contributed by atoms with E-state index in [1.165, 1.54) is 24.3 Å². The third-order valence-corrected chi connectivity index (χ3v) is 5.07. The summed E-state index contributed by atoms with van der Waals surface area (Å²) >= 11 is 1.36. The second-order valence-electron chi connectivity index (χ2n) is 6.29. The molecule has 6 nitrogen and oxygen atoms in total. The molecule has 0 radical (unpaired) electrons. The Morgan fingerprint density at radius 1 is 1.37 bits per heavy atom. The van der Waals surface area contributed by atoms with Crippen molar-refractivity contribution >= 4 is 40.0 Å². The molecule has 1 aromatic heterocycles. The first kappa shape index (κ1) is 19.3. The van der Waals surface area contributed by atoms with E-state index in [0.717, 1.165) is 31.6 Å². The standard InChI is InChI=1S/C20H23N3O3S/c1-15(24)23(17-6-3-2-4-7-17)20-22-16(14-27-20)9-10-19(25)21-12-11-18-8-5-13-26-18/h2-4,6-7,9-10,14,18H,5,8,11-13H2,1H3,(H,21,25)/b10-9+. The minimum absolute atomic E-state index is 0.113. The molecule has 1 N–H and O–H groups in total. The van der Waals surface area contributed by atoms with Gasteiger partial charge in [0.2, 0.25) is 11.8 Å². The van der Waals surface area contributed by atoms with Crippen LogP contribution in [-0.4, -0.2) is 36.1 Å². The molecule has 27 heavy (non-hydrogen) atoms. The molecule has 1 atom stereocenters. The maximum absolute atomic E-state index is 12.0. The number of anilines is 2. The van der Waals surface area contributed by atoms with Gasteiger partial charge in [-0.15, -0.1) is 11.3 Å². The topological polar surface area (TPSA) is 71.5 Å². The summed E-state index contributed by atoms with van der Waals surface area (Å²) in [4.78, 5) is 30.0. The Labute approximate surface area is 162 Å². The number of aromatic nitrogens is 1. The predicted octanol–water partition coefficient (Wildman–Crippen LogP) is 3.53. The molecule has 0 aliphatic carbocycles. The van der Waals surface area contributed by atoms with Crippen molar-refractivity contribution in [2.75, 3.05) is 18.1 Å². The van der Waals surface area contributed by atoms with E-state index in [0.29, 0.717) is 17.4 Å². The van der Waals surface area contributed by atoms with Gasteiger partial charge in [-0.2, -0.15) is 0 Å². The van der Waals surface area contributed by atoms with Crippen LogP contribution < -0.4 is 10.2 Å². The molecule has 1 saturated heterocycles. The quantitative estimate of drug-likeness (QED) is 0.740. The fourth-order valence-corrected chi connectivity index (χ4v) is 3.76. The van der Waals surface area contributed by atoms with Crippen molar-refractivity contribution in [1.82, 2.24) is 10.3 Å². The number of hydrogen-bond donors (Lipinski definition) is 1. The van der Waals surface area contributed by atoms with Gasteiger partial charge in [0.15, 0.2) is 5.13 Å². The molecule has 0 bridgehead atoms. The zero-order chi connectivity index (χ0) is 19.1. The van der Waals surface area contributed by atoms with Crippen LogP contribution in [0.1, 0.15) is 31.9 Å². The van der Waals surface area contributed by atoms with E-state index in [2.05, 4.69) is 10.3 Å². The summed E-state index contributed by atoms with van der Waals surface area (Å²) in [5.74, 6) is -0.271. The van der Waals surface area contributed by atoms with Crippen molar-refractivity contribution in [3.63, 3.8) is 0 Å². The molecular formula is C20H23N3O3S. The highest BCUT2D eigenvalue weighted by molar-refractivity contribution is 7.14. The summed E-state index contributed by atoms with van der Waals surface area (Å²) in [6, 6.07) is 9.37. The number of carbonyl (C=O) groups is 2. The Balaban J connectivity index is 1.56. The van der Waals surface area contributed by atoms with E-state index in [1.54, 1.807) is 11.0 Å². The second-order valence-corrected chi connectivity index (χ2v) is 7.13. The van der Waals surface area contributed by atoms with Crippen LogP contribution in [0.3, 0.4) is 0 Å². The van der Waals surface area contributed by atoms with Gasteiger partial charge in [0.05, 0.1) is 17.5 Å². The fourth-order valence-electron chi connectivity index (χ4n) is 2.91. The summed E-state index contributed by atoms with van der Waals surface area (Å²) in [5.41, 5.74) is 1.41. The van der Waals surface area contributed by atoms with E-state index in [-0.39, 0.29) is 17.9 Å². The molecule has 1 aliphatic rings. The van der Waals surface area contributed by atoms with Gasteiger partial charge in [-0.1, -0.05) is 18.2 Å². The van der Waals surface area contributed by atoms with Crippen LogP contribution in [0.25, 0.3) is 6.08 Å². The first-order chi connectivity index (χ1) is 13.1. The van der Waals surface area contributed by atoms with Crippen molar-refractivity contribution in [1.29, 1.82) is 0 Å². The van der Waals surface area contributed by atoms with Crippen molar-refractivity contribution < 1.29 is 14.3 Å². The SMILES string of the molecule is CC(=O)N(c1ccccc1)c1nc(/C=C/C(=O)NCCC2CCCO2)cs1. The molecule has 0 saturated carbocycles. The smallest absolute Gasteiger partial charge is 0.244 e. The minimum Gasteiger partial charge on any atom is -0.378 e. The van der Waals surface area contributed by atoms with Crippen LogP contribution in [0.4, 0.5) is 10.8 Å². The van der Waals surface area contributed by atoms with E-state index >= 15 is 0 Å². The highest BCUT2D eigenvalue weighted by atomic mass is 32.1. The number of ether oxygens (including phenoxy) is 1. The summed E-state index contributed by atoms with van der Waals surface area (Å²) in [7, 11) is 0. The third-order valence-electron chi connectivity index (χ3n) is 4.23. The minimum atomic E-state index is -0.158. The van der Waals surface area contributed by atoms with Crippen LogP contribution >= 0.6 is 11.3 Å². The normalized spacial score (nSPS) is 16.6. The largest absolute Gasteiger partial charge is 0.378 e. The third kappa shape index (κ3) is 5.48. The summed E-state index contributed by atoms with van der Waals surface area (Å²) in [6.45, 7) is 2.93. The summed E-state index contributed by atoms with van der Waals surface area (Å²) < 4.78 is 5.53. The Bertz CT molecular complexity index is 798. The molecule has 1 aliphatic heterocycles. The van der Waals surface area contributed by atoms with E-state index in [4.69, 9.17) is 4.74 Å². The van der Waals surface area contributed by atoms with E-state index in [1.807, 2.05) is 35.7 Å². The van der Waals surface area contributed by atoms with Gasteiger partial charge < -0.3 is 10.1 Å². The van der Waals surface area contributed by atoms with Gasteiger partial charge in [0.25, 0.3) is 0 Å². The number of para-hydroxylation sites is 1. The second kappa shape index (κ2) is 9.43. The average Bonchev–Trinajstić information content (AvgIpc) is 3.33. The summed E-state index contributed by atoms with van der Waals surface area (Å²) in [5, 5.41) is 5.26. The lowest BCUT2D eigenvalue weighted by molar-refractivity contribution is -0.117. The lowest BCUT2D eigenvalue weighted by Gasteiger charge is -2.17. The van der Waals surface area contributed by atoms with Gasteiger partial charge in [-0.3, -0.25) is 14.5 Å². The van der Waals surface area contributed by atoms with Crippen molar-refractivity contribution in [3.05, 3.63) is 47.5 Å². The van der Waals surface area contributed by atoms with Gasteiger partial charge >= 0.3 is 0 Å². The molecule has 1 aromatic carbocycles. The number of hydrogen-bond acceptors (Lipinski definition) is 5. The molecule has 7 heteroatoms. The average molecular weight is 385 g/mol. The van der Waals surface area contributed by atoms with Crippen molar-refractivity contribution in [2.45, 2.75) is 32.3 Å². The van der Waals surface area contributed by atoms with E-state index < -0.39 is 0 Å². The maximum Gasteiger partial charge on any atom is 0.244 e. The maximum atomic E-state index is 12.0. The fraction of sp³-hybridized carbons (Fsp3) is 0.350.